The normalized spacial score (nSPS) is 11.7. The summed E-state index contributed by atoms with van der Waals surface area (Å²) in [6.45, 7) is 4.30. The Morgan fingerprint density at radius 1 is 0.960 bits per heavy atom. The molecule has 2 aromatic rings. The van der Waals surface area contributed by atoms with Crippen LogP contribution in [0.1, 0.15) is 11.1 Å². The molecule has 0 radical (unpaired) electrons. The fourth-order valence-corrected chi connectivity index (χ4v) is 2.77. The maximum absolute atomic E-state index is 12.2. The van der Waals surface area contributed by atoms with Crippen LogP contribution in [0.5, 0.6) is 0 Å². The first kappa shape index (κ1) is 19.0. The molecular formula is C19H23ClN3O2+. The van der Waals surface area contributed by atoms with Gasteiger partial charge in [0.15, 0.2) is 13.1 Å². The average molecular weight is 361 g/mol. The smallest absolute Gasteiger partial charge is 0.279 e. The minimum atomic E-state index is -0.167. The molecule has 2 rings (SSSR count). The van der Waals surface area contributed by atoms with Crippen LogP contribution in [-0.4, -0.2) is 32.0 Å². The third-order valence-electron chi connectivity index (χ3n) is 3.78. The molecule has 1 atom stereocenters. The number of hydrogen-bond acceptors (Lipinski definition) is 2. The predicted molar refractivity (Wildman–Crippen MR) is 101 cm³/mol. The quantitative estimate of drug-likeness (QED) is 0.738. The minimum absolute atomic E-state index is 0.120. The molecule has 0 saturated heterocycles. The molecule has 6 heteroatoms. The van der Waals surface area contributed by atoms with E-state index in [1.807, 2.05) is 39.1 Å². The van der Waals surface area contributed by atoms with Crippen molar-refractivity contribution in [3.05, 3.63) is 58.6 Å². The molecule has 1 unspecified atom stereocenters. The molecule has 0 aromatic heterocycles. The molecule has 5 nitrogen and oxygen atoms in total. The fourth-order valence-electron chi connectivity index (χ4n) is 2.58. The summed E-state index contributed by atoms with van der Waals surface area (Å²) in [5, 5.41) is 6.27. The van der Waals surface area contributed by atoms with Gasteiger partial charge in [0, 0.05) is 16.4 Å². The lowest BCUT2D eigenvalue weighted by Gasteiger charge is -2.15. The number of benzene rings is 2. The van der Waals surface area contributed by atoms with Crippen LogP contribution in [0.4, 0.5) is 11.4 Å². The summed E-state index contributed by atoms with van der Waals surface area (Å²) in [5.74, 6) is -0.287. The highest BCUT2D eigenvalue weighted by molar-refractivity contribution is 6.30. The maximum Gasteiger partial charge on any atom is 0.279 e. The predicted octanol–water partition coefficient (Wildman–Crippen LogP) is 2.05. The second kappa shape index (κ2) is 8.65. The van der Waals surface area contributed by atoms with E-state index in [2.05, 4.69) is 10.6 Å². The summed E-state index contributed by atoms with van der Waals surface area (Å²) in [4.78, 5) is 25.1. The number of anilines is 2. The van der Waals surface area contributed by atoms with E-state index < -0.39 is 0 Å². The topological polar surface area (TPSA) is 62.6 Å². The van der Waals surface area contributed by atoms with Gasteiger partial charge in [-0.05, 0) is 43.2 Å². The molecule has 0 aliphatic rings. The highest BCUT2D eigenvalue weighted by Gasteiger charge is 2.15. The van der Waals surface area contributed by atoms with Gasteiger partial charge < -0.3 is 15.5 Å². The largest absolute Gasteiger partial charge is 0.322 e. The van der Waals surface area contributed by atoms with Crippen LogP contribution >= 0.6 is 11.6 Å². The number of rotatable bonds is 6. The van der Waals surface area contributed by atoms with Gasteiger partial charge in [0.05, 0.1) is 7.05 Å². The van der Waals surface area contributed by atoms with Crippen molar-refractivity contribution < 1.29 is 14.5 Å². The zero-order valence-corrected chi connectivity index (χ0v) is 15.4. The highest BCUT2D eigenvalue weighted by atomic mass is 35.5. The van der Waals surface area contributed by atoms with Crippen LogP contribution in [-0.2, 0) is 9.59 Å². The zero-order valence-electron chi connectivity index (χ0n) is 14.7. The lowest BCUT2D eigenvalue weighted by molar-refractivity contribution is -0.862. The van der Waals surface area contributed by atoms with Crippen molar-refractivity contribution in [2.24, 2.45) is 0 Å². The number of hydrogen-bond donors (Lipinski definition) is 3. The van der Waals surface area contributed by atoms with Crippen molar-refractivity contribution in [1.29, 1.82) is 0 Å². The van der Waals surface area contributed by atoms with Gasteiger partial charge in [-0.3, -0.25) is 9.59 Å². The van der Waals surface area contributed by atoms with Crippen LogP contribution < -0.4 is 15.5 Å². The molecule has 0 spiro atoms. The summed E-state index contributed by atoms with van der Waals surface area (Å²) in [5.41, 5.74) is 3.52. The second-order valence-electron chi connectivity index (χ2n) is 6.18. The molecular weight excluding hydrogens is 338 g/mol. The first-order valence-corrected chi connectivity index (χ1v) is 8.45. The summed E-state index contributed by atoms with van der Waals surface area (Å²) in [7, 11) is 1.81. The Morgan fingerprint density at radius 3 is 2.12 bits per heavy atom. The van der Waals surface area contributed by atoms with Crippen LogP contribution in [0.15, 0.2) is 42.5 Å². The maximum atomic E-state index is 12.2. The van der Waals surface area contributed by atoms with E-state index >= 15 is 0 Å². The molecule has 25 heavy (non-hydrogen) atoms. The van der Waals surface area contributed by atoms with E-state index in [4.69, 9.17) is 11.6 Å². The van der Waals surface area contributed by atoms with Gasteiger partial charge in [0.2, 0.25) is 0 Å². The number of likely N-dealkylation sites (N-methyl/N-ethyl adjacent to an activating group) is 1. The Labute approximate surface area is 153 Å². The van der Waals surface area contributed by atoms with E-state index in [0.29, 0.717) is 10.7 Å². The van der Waals surface area contributed by atoms with Crippen LogP contribution in [0, 0.1) is 13.8 Å². The molecule has 0 aliphatic heterocycles. The molecule has 2 aromatic carbocycles. The van der Waals surface area contributed by atoms with Crippen molar-refractivity contribution in [1.82, 2.24) is 0 Å². The fraction of sp³-hybridized carbons (Fsp3) is 0.263. The number of amides is 2. The number of carbonyl (C=O) groups excluding carboxylic acids is 2. The Hall–Kier alpha value is -2.37. The van der Waals surface area contributed by atoms with Crippen molar-refractivity contribution >= 4 is 34.8 Å². The minimum Gasteiger partial charge on any atom is -0.322 e. The van der Waals surface area contributed by atoms with Gasteiger partial charge in [-0.25, -0.2) is 0 Å². The lowest BCUT2D eigenvalue weighted by atomic mass is 10.1. The van der Waals surface area contributed by atoms with E-state index in [1.54, 1.807) is 24.3 Å². The van der Waals surface area contributed by atoms with Crippen molar-refractivity contribution in [2.75, 3.05) is 30.8 Å². The molecule has 2 amide bonds. The monoisotopic (exact) mass is 360 g/mol. The lowest BCUT2D eigenvalue weighted by Crippen LogP contribution is -3.11. The van der Waals surface area contributed by atoms with Crippen molar-refractivity contribution in [2.45, 2.75) is 13.8 Å². The molecule has 0 aliphatic carbocycles. The summed E-state index contributed by atoms with van der Waals surface area (Å²) >= 11 is 5.90. The third kappa shape index (κ3) is 5.89. The number of carbonyl (C=O) groups is 2. The molecule has 0 saturated carbocycles. The highest BCUT2D eigenvalue weighted by Crippen LogP contribution is 2.19. The van der Waals surface area contributed by atoms with Gasteiger partial charge in [0.1, 0.15) is 0 Å². The van der Waals surface area contributed by atoms with Gasteiger partial charge in [-0.2, -0.15) is 0 Å². The van der Waals surface area contributed by atoms with Crippen molar-refractivity contribution in [3.8, 4) is 0 Å². The standard InChI is InChI=1S/C19H22ClN3O2/c1-13-6-4-7-14(2)19(13)22-18(25)12-23(3)11-17(24)21-16-9-5-8-15(20)10-16/h4-10H,11-12H2,1-3H3,(H,21,24)(H,22,25)/p+1. The second-order valence-corrected chi connectivity index (χ2v) is 6.62. The first-order chi connectivity index (χ1) is 11.8. The third-order valence-corrected chi connectivity index (χ3v) is 4.01. The van der Waals surface area contributed by atoms with Gasteiger partial charge >= 0.3 is 0 Å². The molecule has 0 heterocycles. The summed E-state index contributed by atoms with van der Waals surface area (Å²) < 4.78 is 0. The van der Waals surface area contributed by atoms with Crippen LogP contribution in [0.3, 0.4) is 0 Å². The average Bonchev–Trinajstić information content (AvgIpc) is 2.50. The molecule has 0 fully saturated rings. The Morgan fingerprint density at radius 2 is 1.52 bits per heavy atom. The molecule has 3 N–H and O–H groups in total. The van der Waals surface area contributed by atoms with E-state index in [-0.39, 0.29) is 24.9 Å². The Bertz CT molecular complexity index is 757. The number of quaternary nitrogens is 1. The van der Waals surface area contributed by atoms with Crippen molar-refractivity contribution in [3.63, 3.8) is 0 Å². The van der Waals surface area contributed by atoms with Gasteiger partial charge in [-0.1, -0.05) is 35.9 Å². The van der Waals surface area contributed by atoms with Crippen LogP contribution in [0.2, 0.25) is 5.02 Å². The number of halogens is 1. The number of nitrogens with one attached hydrogen (secondary N) is 3. The Balaban J connectivity index is 1.86. The zero-order chi connectivity index (χ0) is 18.4. The summed E-state index contributed by atoms with van der Waals surface area (Å²) in [6.07, 6.45) is 0. The first-order valence-electron chi connectivity index (χ1n) is 8.08. The van der Waals surface area contributed by atoms with E-state index in [1.165, 1.54) is 0 Å². The molecule has 0 bridgehead atoms. The van der Waals surface area contributed by atoms with Gasteiger partial charge in [-0.15, -0.1) is 0 Å². The van der Waals surface area contributed by atoms with Gasteiger partial charge in [0.25, 0.3) is 11.8 Å². The SMILES string of the molecule is Cc1cccc(C)c1NC(=O)C[NH+](C)CC(=O)Nc1cccc(Cl)c1. The Kier molecular flexibility index (Phi) is 6.56. The van der Waals surface area contributed by atoms with Crippen LogP contribution in [0.25, 0.3) is 0 Å². The summed E-state index contributed by atoms with van der Waals surface area (Å²) in [6, 6.07) is 12.8. The number of para-hydroxylation sites is 1. The van der Waals surface area contributed by atoms with E-state index in [9.17, 15) is 9.59 Å². The number of aryl methyl sites for hydroxylation is 2. The van der Waals surface area contributed by atoms with E-state index in [0.717, 1.165) is 21.7 Å². The molecule has 132 valence electrons.